The second-order valence-electron chi connectivity index (χ2n) is 8.36. The van der Waals surface area contributed by atoms with Crippen LogP contribution in [0.3, 0.4) is 0 Å². The highest BCUT2D eigenvalue weighted by molar-refractivity contribution is 7.92. The third kappa shape index (κ3) is 4.56. The predicted octanol–water partition coefficient (Wildman–Crippen LogP) is 3.73. The number of nitrogens with zero attached hydrogens (tertiary/aromatic N) is 1. The van der Waals surface area contributed by atoms with Gasteiger partial charge >= 0.3 is 0 Å². The quantitative estimate of drug-likeness (QED) is 0.824. The predicted molar refractivity (Wildman–Crippen MR) is 115 cm³/mol. The minimum Gasteiger partial charge on any atom is -0.487 e. The van der Waals surface area contributed by atoms with Crippen molar-refractivity contribution in [3.63, 3.8) is 0 Å². The van der Waals surface area contributed by atoms with Crippen LogP contribution in [0.4, 0.5) is 5.69 Å². The third-order valence-electron chi connectivity index (χ3n) is 5.22. The van der Waals surface area contributed by atoms with Crippen LogP contribution in [-0.2, 0) is 10.0 Å². The molecule has 1 heterocycles. The highest BCUT2D eigenvalue weighted by Gasteiger charge is 2.34. The molecule has 1 atom stereocenters. The Labute approximate surface area is 172 Å². The summed E-state index contributed by atoms with van der Waals surface area (Å²) in [5.74, 6) is 0.593. The lowest BCUT2D eigenvalue weighted by molar-refractivity contribution is 0.0619. The van der Waals surface area contributed by atoms with Gasteiger partial charge in [0.2, 0.25) is 10.0 Å². The molecule has 7 heteroatoms. The van der Waals surface area contributed by atoms with Crippen LogP contribution in [0.2, 0.25) is 0 Å². The molecule has 2 aromatic carbocycles. The number of anilines is 1. The molecule has 0 saturated carbocycles. The first-order chi connectivity index (χ1) is 13.4. The lowest BCUT2D eigenvalue weighted by Crippen LogP contribution is -2.41. The summed E-state index contributed by atoms with van der Waals surface area (Å²) >= 11 is 0. The Bertz CT molecular complexity index is 1060. The monoisotopic (exact) mass is 416 g/mol. The summed E-state index contributed by atoms with van der Waals surface area (Å²) in [6.45, 7) is 7.83. The van der Waals surface area contributed by atoms with Crippen molar-refractivity contribution in [1.29, 1.82) is 0 Å². The molecule has 1 aliphatic heterocycles. The van der Waals surface area contributed by atoms with E-state index in [4.69, 9.17) is 4.74 Å². The van der Waals surface area contributed by atoms with Gasteiger partial charge in [-0.05, 0) is 57.5 Å². The number of benzene rings is 2. The van der Waals surface area contributed by atoms with E-state index in [1.807, 2.05) is 39.0 Å². The second-order valence-corrected chi connectivity index (χ2v) is 10.4. The smallest absolute Gasteiger partial charge is 0.251 e. The Morgan fingerprint density at radius 1 is 1.17 bits per heavy atom. The van der Waals surface area contributed by atoms with Crippen LogP contribution in [0.5, 0.6) is 5.75 Å². The fourth-order valence-corrected chi connectivity index (χ4v) is 4.24. The number of amides is 1. The van der Waals surface area contributed by atoms with E-state index in [-0.39, 0.29) is 11.9 Å². The van der Waals surface area contributed by atoms with Gasteiger partial charge in [-0.1, -0.05) is 17.7 Å². The number of aryl methyl sites for hydroxylation is 2. The van der Waals surface area contributed by atoms with Crippen molar-refractivity contribution in [3.8, 4) is 5.75 Å². The van der Waals surface area contributed by atoms with E-state index in [0.717, 1.165) is 23.1 Å². The zero-order chi connectivity index (χ0) is 21.6. The highest BCUT2D eigenvalue weighted by atomic mass is 32.2. The largest absolute Gasteiger partial charge is 0.487 e. The zero-order valence-electron chi connectivity index (χ0n) is 17.7. The molecule has 1 unspecified atom stereocenters. The van der Waals surface area contributed by atoms with Gasteiger partial charge in [0, 0.05) is 24.6 Å². The number of nitrogens with one attached hydrogen (secondary N) is 1. The molecule has 1 N–H and O–H groups in total. The summed E-state index contributed by atoms with van der Waals surface area (Å²) in [6.07, 6.45) is 1.81. The van der Waals surface area contributed by atoms with Crippen molar-refractivity contribution < 1.29 is 17.9 Å². The molecule has 1 amide bonds. The van der Waals surface area contributed by atoms with E-state index in [2.05, 4.69) is 5.32 Å². The van der Waals surface area contributed by atoms with Gasteiger partial charge in [0.1, 0.15) is 11.4 Å². The first kappa shape index (κ1) is 21.2. The van der Waals surface area contributed by atoms with Gasteiger partial charge in [-0.2, -0.15) is 0 Å². The molecule has 6 nitrogen and oxygen atoms in total. The minimum atomic E-state index is -3.37. The normalized spacial score (nSPS) is 17.8. The topological polar surface area (TPSA) is 75.7 Å². The molecule has 3 rings (SSSR count). The third-order valence-corrected chi connectivity index (χ3v) is 6.42. The van der Waals surface area contributed by atoms with Crippen molar-refractivity contribution in [3.05, 3.63) is 58.7 Å². The Hall–Kier alpha value is -2.54. The van der Waals surface area contributed by atoms with Gasteiger partial charge in [0.15, 0.2) is 0 Å². The van der Waals surface area contributed by atoms with E-state index in [9.17, 15) is 13.2 Å². The summed E-state index contributed by atoms with van der Waals surface area (Å²) in [6, 6.07) is 10.9. The van der Waals surface area contributed by atoms with Gasteiger partial charge in [-0.15, -0.1) is 0 Å². The SMILES string of the molecule is Cc1ccc2c(c1)C(NC(=O)c1ccc(N(C)S(C)(=O)=O)c(C)c1)CC(C)(C)O2. The zero-order valence-corrected chi connectivity index (χ0v) is 18.6. The number of hydrogen-bond donors (Lipinski definition) is 1. The fourth-order valence-electron chi connectivity index (χ4n) is 3.67. The number of carbonyl (C=O) groups is 1. The molecule has 0 fully saturated rings. The standard InChI is InChI=1S/C22H28N2O4S/c1-14-7-10-20-17(11-14)18(13-22(3,4)28-20)23-21(25)16-8-9-19(15(2)12-16)24(5)29(6,26)27/h7-12,18H,13H2,1-6H3,(H,23,25). The Kier molecular flexibility index (Phi) is 5.38. The average molecular weight is 417 g/mol. The first-order valence-corrected chi connectivity index (χ1v) is 11.4. The molecular weight excluding hydrogens is 388 g/mol. The van der Waals surface area contributed by atoms with Gasteiger partial charge in [0.25, 0.3) is 5.91 Å². The van der Waals surface area contributed by atoms with Crippen molar-refractivity contribution >= 4 is 21.6 Å². The molecule has 2 aromatic rings. The summed E-state index contributed by atoms with van der Waals surface area (Å²) in [7, 11) is -1.87. The first-order valence-electron chi connectivity index (χ1n) is 9.52. The van der Waals surface area contributed by atoms with E-state index < -0.39 is 15.6 Å². The van der Waals surface area contributed by atoms with Crippen molar-refractivity contribution in [2.45, 2.75) is 45.8 Å². The summed E-state index contributed by atoms with van der Waals surface area (Å²) in [5.41, 5.74) is 3.45. The maximum atomic E-state index is 13.0. The van der Waals surface area contributed by atoms with E-state index in [0.29, 0.717) is 23.2 Å². The Balaban J connectivity index is 1.87. The summed E-state index contributed by atoms with van der Waals surface area (Å²) < 4.78 is 30.9. The summed E-state index contributed by atoms with van der Waals surface area (Å²) in [5, 5.41) is 3.13. The van der Waals surface area contributed by atoms with Crippen LogP contribution in [0.1, 0.15) is 53.4 Å². The van der Waals surface area contributed by atoms with E-state index in [1.54, 1.807) is 25.1 Å². The van der Waals surface area contributed by atoms with E-state index in [1.165, 1.54) is 11.4 Å². The lowest BCUT2D eigenvalue weighted by Gasteiger charge is -2.38. The maximum Gasteiger partial charge on any atom is 0.251 e. The minimum absolute atomic E-state index is 0.167. The van der Waals surface area contributed by atoms with Gasteiger partial charge in [-0.25, -0.2) is 8.42 Å². The van der Waals surface area contributed by atoms with Crippen molar-refractivity contribution in [2.24, 2.45) is 0 Å². The molecule has 0 saturated heterocycles. The second kappa shape index (κ2) is 7.37. The molecule has 0 spiro atoms. The molecule has 1 aliphatic rings. The molecule has 0 radical (unpaired) electrons. The molecule has 0 aliphatic carbocycles. The van der Waals surface area contributed by atoms with Crippen molar-refractivity contribution in [2.75, 3.05) is 17.6 Å². The maximum absolute atomic E-state index is 13.0. The molecule has 0 aromatic heterocycles. The van der Waals surface area contributed by atoms with Crippen LogP contribution < -0.4 is 14.4 Å². The van der Waals surface area contributed by atoms with Crippen LogP contribution in [0, 0.1) is 13.8 Å². The molecule has 0 bridgehead atoms. The van der Waals surface area contributed by atoms with Crippen LogP contribution >= 0.6 is 0 Å². The van der Waals surface area contributed by atoms with Gasteiger partial charge in [0.05, 0.1) is 18.0 Å². The van der Waals surface area contributed by atoms with Crippen molar-refractivity contribution in [1.82, 2.24) is 5.32 Å². The van der Waals surface area contributed by atoms with Crippen LogP contribution in [0.15, 0.2) is 36.4 Å². The number of hydrogen-bond acceptors (Lipinski definition) is 4. The Morgan fingerprint density at radius 3 is 2.48 bits per heavy atom. The highest BCUT2D eigenvalue weighted by Crippen LogP contribution is 2.40. The van der Waals surface area contributed by atoms with Gasteiger partial charge in [-0.3, -0.25) is 9.10 Å². The average Bonchev–Trinajstić information content (AvgIpc) is 2.60. The number of ether oxygens (including phenoxy) is 1. The fraction of sp³-hybridized carbons (Fsp3) is 0.409. The van der Waals surface area contributed by atoms with Gasteiger partial charge < -0.3 is 10.1 Å². The number of sulfonamides is 1. The van der Waals surface area contributed by atoms with E-state index >= 15 is 0 Å². The molecular formula is C22H28N2O4S. The molecule has 156 valence electrons. The van der Waals surface area contributed by atoms with Crippen LogP contribution in [0.25, 0.3) is 0 Å². The Morgan fingerprint density at radius 2 is 1.86 bits per heavy atom. The van der Waals surface area contributed by atoms with Crippen LogP contribution in [-0.4, -0.2) is 33.2 Å². The lowest BCUT2D eigenvalue weighted by atomic mass is 9.88. The number of fused-ring (bicyclic) bond motifs is 1. The number of carbonyl (C=O) groups excluding carboxylic acids is 1. The number of rotatable bonds is 4. The molecule has 29 heavy (non-hydrogen) atoms. The summed E-state index contributed by atoms with van der Waals surface area (Å²) in [4.78, 5) is 13.0.